The quantitative estimate of drug-likeness (QED) is 0.595. The molecule has 1 saturated carbocycles. The molecule has 3 N–H and O–H groups in total. The number of carbonyl (C=O) groups is 3. The first-order valence-corrected chi connectivity index (χ1v) is 10.2. The third kappa shape index (κ3) is 6.15. The zero-order valence-electron chi connectivity index (χ0n) is 17.4. The van der Waals surface area contributed by atoms with E-state index in [1.807, 2.05) is 42.2 Å². The van der Waals surface area contributed by atoms with E-state index in [0.29, 0.717) is 17.9 Å². The van der Waals surface area contributed by atoms with Crippen LogP contribution in [0.1, 0.15) is 38.3 Å². The highest BCUT2D eigenvalue weighted by Gasteiger charge is 2.32. The van der Waals surface area contributed by atoms with Gasteiger partial charge in [0, 0.05) is 24.3 Å². The molecule has 0 aromatic heterocycles. The molecule has 1 aliphatic carbocycles. The first-order valence-electron chi connectivity index (χ1n) is 10.2. The highest BCUT2D eigenvalue weighted by molar-refractivity contribution is 5.94. The van der Waals surface area contributed by atoms with Crippen molar-refractivity contribution in [2.45, 2.75) is 38.8 Å². The fraction of sp³-hybridized carbons (Fsp3) is 0.348. The van der Waals surface area contributed by atoms with Crippen molar-refractivity contribution in [3.05, 3.63) is 60.2 Å². The number of carbonyl (C=O) groups excluding carboxylic acids is 3. The highest BCUT2D eigenvalue weighted by Crippen LogP contribution is 2.25. The van der Waals surface area contributed by atoms with Crippen LogP contribution in [0.5, 0.6) is 0 Å². The van der Waals surface area contributed by atoms with Gasteiger partial charge in [-0.05, 0) is 49.2 Å². The minimum Gasteiger partial charge on any atom is -0.352 e. The van der Waals surface area contributed by atoms with Crippen molar-refractivity contribution >= 4 is 29.1 Å². The average molecular weight is 409 g/mol. The first-order chi connectivity index (χ1) is 14.5. The fourth-order valence-electron chi connectivity index (χ4n) is 3.28. The first kappa shape index (κ1) is 21.5. The molecule has 2 aromatic rings. The van der Waals surface area contributed by atoms with Crippen LogP contribution in [0.3, 0.4) is 0 Å². The number of anilines is 2. The second-order valence-corrected chi connectivity index (χ2v) is 7.47. The average Bonchev–Trinajstić information content (AvgIpc) is 3.53. The van der Waals surface area contributed by atoms with Crippen molar-refractivity contribution in [3.8, 4) is 0 Å². The highest BCUT2D eigenvalue weighted by atomic mass is 16.2. The Morgan fingerprint density at radius 1 is 0.967 bits per heavy atom. The predicted octanol–water partition coefficient (Wildman–Crippen LogP) is 2.93. The van der Waals surface area contributed by atoms with Gasteiger partial charge in [-0.15, -0.1) is 0 Å². The molecule has 0 saturated heterocycles. The van der Waals surface area contributed by atoms with Gasteiger partial charge in [0.2, 0.25) is 17.7 Å². The summed E-state index contributed by atoms with van der Waals surface area (Å²) in [5.74, 6) is -0.427. The maximum Gasteiger partial charge on any atom is 0.242 e. The number of nitrogens with one attached hydrogen (secondary N) is 3. The summed E-state index contributed by atoms with van der Waals surface area (Å²) in [5.41, 5.74) is 2.16. The van der Waals surface area contributed by atoms with Crippen molar-refractivity contribution in [1.29, 1.82) is 0 Å². The van der Waals surface area contributed by atoms with E-state index in [1.165, 1.54) is 6.92 Å². The Morgan fingerprint density at radius 2 is 1.57 bits per heavy atom. The molecular formula is C23H28N4O3. The van der Waals surface area contributed by atoms with Crippen molar-refractivity contribution in [3.63, 3.8) is 0 Å². The maximum absolute atomic E-state index is 12.9. The summed E-state index contributed by atoms with van der Waals surface area (Å²) in [7, 11) is 0. The van der Waals surface area contributed by atoms with Crippen molar-refractivity contribution in [1.82, 2.24) is 10.2 Å². The molecule has 2 aromatic carbocycles. The minimum absolute atomic E-state index is 0.0713. The molecule has 0 bridgehead atoms. The number of rotatable bonds is 9. The third-order valence-electron chi connectivity index (χ3n) is 4.89. The topological polar surface area (TPSA) is 90.5 Å². The van der Waals surface area contributed by atoms with Crippen LogP contribution in [-0.2, 0) is 14.4 Å². The van der Waals surface area contributed by atoms with E-state index >= 15 is 0 Å². The lowest BCUT2D eigenvalue weighted by Crippen LogP contribution is -2.44. The van der Waals surface area contributed by atoms with Crippen LogP contribution in [0.25, 0.3) is 0 Å². The van der Waals surface area contributed by atoms with Crippen LogP contribution in [-0.4, -0.2) is 41.8 Å². The summed E-state index contributed by atoms with van der Waals surface area (Å²) >= 11 is 0. The van der Waals surface area contributed by atoms with E-state index in [-0.39, 0.29) is 30.3 Å². The molecule has 0 unspecified atom stereocenters. The molecule has 7 heteroatoms. The summed E-state index contributed by atoms with van der Waals surface area (Å²) in [5, 5.41) is 8.61. The van der Waals surface area contributed by atoms with E-state index in [9.17, 15) is 14.4 Å². The third-order valence-corrected chi connectivity index (χ3v) is 4.89. The lowest BCUT2D eigenvalue weighted by atomic mass is 10.0. The molecule has 1 aliphatic rings. The molecule has 0 spiro atoms. The standard InChI is InChI=1S/C23H28N4O3/c1-3-27(15-21(29)25-19-11-9-18(10-12-19)24-16(2)28)22(17-7-5-4-6-8-17)23(30)26-20-13-14-20/h4-12,20,22H,3,13-15H2,1-2H3,(H,24,28)(H,25,29)(H,26,30)/t22-/m0/s1. The molecule has 1 fully saturated rings. The van der Waals surface area contributed by atoms with Crippen molar-refractivity contribution in [2.24, 2.45) is 0 Å². The van der Waals surface area contributed by atoms with Gasteiger partial charge in [-0.1, -0.05) is 37.3 Å². The Bertz CT molecular complexity index is 879. The molecule has 158 valence electrons. The molecule has 0 aliphatic heterocycles. The monoisotopic (exact) mass is 408 g/mol. The summed E-state index contributed by atoms with van der Waals surface area (Å²) < 4.78 is 0. The molecule has 3 amide bonds. The van der Waals surface area contributed by atoms with Gasteiger partial charge in [-0.3, -0.25) is 19.3 Å². The van der Waals surface area contributed by atoms with E-state index in [1.54, 1.807) is 24.3 Å². The Hall–Kier alpha value is -3.19. The lowest BCUT2D eigenvalue weighted by Gasteiger charge is -2.29. The van der Waals surface area contributed by atoms with Crippen LogP contribution in [0.2, 0.25) is 0 Å². The Labute approximate surface area is 176 Å². The zero-order chi connectivity index (χ0) is 21.5. The smallest absolute Gasteiger partial charge is 0.242 e. The summed E-state index contributed by atoms with van der Waals surface area (Å²) in [6, 6.07) is 16.2. The fourth-order valence-corrected chi connectivity index (χ4v) is 3.28. The number of hydrogen-bond acceptors (Lipinski definition) is 4. The van der Waals surface area contributed by atoms with Crippen LogP contribution in [0, 0.1) is 0 Å². The molecule has 30 heavy (non-hydrogen) atoms. The van der Waals surface area contributed by atoms with Gasteiger partial charge < -0.3 is 16.0 Å². The van der Waals surface area contributed by atoms with E-state index in [0.717, 1.165) is 18.4 Å². The molecule has 3 rings (SSSR count). The molecule has 7 nitrogen and oxygen atoms in total. The van der Waals surface area contributed by atoms with Crippen LogP contribution in [0.15, 0.2) is 54.6 Å². The summed E-state index contributed by atoms with van der Waals surface area (Å²) in [4.78, 5) is 38.6. The van der Waals surface area contributed by atoms with Crippen molar-refractivity contribution in [2.75, 3.05) is 23.7 Å². The zero-order valence-corrected chi connectivity index (χ0v) is 17.4. The van der Waals surface area contributed by atoms with Gasteiger partial charge in [0.05, 0.1) is 6.54 Å². The molecular weight excluding hydrogens is 380 g/mol. The number of benzene rings is 2. The molecule has 0 radical (unpaired) electrons. The lowest BCUT2D eigenvalue weighted by molar-refractivity contribution is -0.128. The van der Waals surface area contributed by atoms with Gasteiger partial charge in [0.1, 0.15) is 6.04 Å². The second-order valence-electron chi connectivity index (χ2n) is 7.47. The Morgan fingerprint density at radius 3 is 2.10 bits per heavy atom. The summed E-state index contributed by atoms with van der Waals surface area (Å²) in [6.45, 7) is 4.02. The van der Waals surface area contributed by atoms with Crippen LogP contribution < -0.4 is 16.0 Å². The minimum atomic E-state index is -0.523. The Kier molecular flexibility index (Phi) is 7.19. The maximum atomic E-state index is 12.9. The van der Waals surface area contributed by atoms with Crippen LogP contribution >= 0.6 is 0 Å². The van der Waals surface area contributed by atoms with Gasteiger partial charge >= 0.3 is 0 Å². The largest absolute Gasteiger partial charge is 0.352 e. The molecule has 0 heterocycles. The van der Waals surface area contributed by atoms with Gasteiger partial charge in [-0.2, -0.15) is 0 Å². The van der Waals surface area contributed by atoms with E-state index < -0.39 is 6.04 Å². The SMILES string of the molecule is CCN(CC(=O)Nc1ccc(NC(C)=O)cc1)[C@H](C(=O)NC1CC1)c1ccccc1. The second kappa shape index (κ2) is 10.0. The normalized spacial score (nSPS) is 14.1. The number of likely N-dealkylation sites (N-methyl/N-ethyl adjacent to an activating group) is 1. The molecule has 1 atom stereocenters. The summed E-state index contributed by atoms with van der Waals surface area (Å²) in [6.07, 6.45) is 2.02. The van der Waals surface area contributed by atoms with Crippen LogP contribution in [0.4, 0.5) is 11.4 Å². The number of hydrogen-bond donors (Lipinski definition) is 3. The Balaban J connectivity index is 1.68. The van der Waals surface area contributed by atoms with Crippen molar-refractivity contribution < 1.29 is 14.4 Å². The number of nitrogens with zero attached hydrogens (tertiary/aromatic N) is 1. The van der Waals surface area contributed by atoms with Gasteiger partial charge in [0.15, 0.2) is 0 Å². The van der Waals surface area contributed by atoms with Gasteiger partial charge in [-0.25, -0.2) is 0 Å². The van der Waals surface area contributed by atoms with E-state index in [2.05, 4.69) is 16.0 Å². The van der Waals surface area contributed by atoms with E-state index in [4.69, 9.17) is 0 Å². The van der Waals surface area contributed by atoms with Gasteiger partial charge in [0.25, 0.3) is 0 Å². The predicted molar refractivity (Wildman–Crippen MR) is 117 cm³/mol. The number of amides is 3.